The molecule has 4 saturated carbocycles. The summed E-state index contributed by atoms with van der Waals surface area (Å²) >= 11 is 0. The predicted octanol–water partition coefficient (Wildman–Crippen LogP) is 3.21. The summed E-state index contributed by atoms with van der Waals surface area (Å²) in [4.78, 5) is 16.5. The van der Waals surface area contributed by atoms with Crippen LogP contribution in [0.2, 0.25) is 0 Å². The molecule has 27 heavy (non-hydrogen) atoms. The summed E-state index contributed by atoms with van der Waals surface area (Å²) in [5.74, 6) is 2.52. The van der Waals surface area contributed by atoms with Crippen LogP contribution < -0.4 is 10.6 Å². The van der Waals surface area contributed by atoms with Crippen LogP contribution in [-0.4, -0.2) is 32.9 Å². The fourth-order valence-electron chi connectivity index (χ4n) is 6.00. The van der Waals surface area contributed by atoms with Crippen LogP contribution >= 0.6 is 0 Å². The molecular formula is C21H27N5O. The lowest BCUT2D eigenvalue weighted by molar-refractivity contribution is -0.0135. The van der Waals surface area contributed by atoms with Crippen molar-refractivity contribution in [3.8, 4) is 11.3 Å². The minimum atomic E-state index is -0.0153. The molecule has 0 aliphatic heterocycles. The molecule has 6 nitrogen and oxygen atoms in total. The molecule has 2 heterocycles. The van der Waals surface area contributed by atoms with Gasteiger partial charge >= 0.3 is 6.03 Å². The zero-order chi connectivity index (χ0) is 18.3. The molecule has 2 aromatic rings. The Kier molecular flexibility index (Phi) is 4.14. The first-order valence-electron chi connectivity index (χ1n) is 10.2. The van der Waals surface area contributed by atoms with Crippen LogP contribution in [0.4, 0.5) is 4.79 Å². The van der Waals surface area contributed by atoms with E-state index in [9.17, 15) is 4.79 Å². The second kappa shape index (κ2) is 6.66. The van der Waals surface area contributed by atoms with E-state index in [1.165, 1.54) is 38.5 Å². The van der Waals surface area contributed by atoms with Crippen LogP contribution in [0.1, 0.15) is 38.5 Å². The second-order valence-corrected chi connectivity index (χ2v) is 8.78. The Hall–Kier alpha value is -2.37. The highest BCUT2D eigenvalue weighted by atomic mass is 16.2. The van der Waals surface area contributed by atoms with Crippen molar-refractivity contribution in [1.29, 1.82) is 0 Å². The minimum absolute atomic E-state index is 0.0153. The molecule has 6 rings (SSSR count). The number of aromatic nitrogens is 3. The van der Waals surface area contributed by atoms with Crippen molar-refractivity contribution in [2.75, 3.05) is 6.54 Å². The number of hydrogen-bond donors (Lipinski definition) is 2. The minimum Gasteiger partial charge on any atom is -0.336 e. The van der Waals surface area contributed by atoms with Gasteiger partial charge in [0.1, 0.15) is 0 Å². The van der Waals surface area contributed by atoms with Crippen LogP contribution in [0, 0.1) is 17.8 Å². The number of carbonyl (C=O) groups is 1. The van der Waals surface area contributed by atoms with Crippen molar-refractivity contribution in [3.05, 3.63) is 36.8 Å². The number of nitrogens with zero attached hydrogens (tertiary/aromatic N) is 3. The number of urea groups is 1. The topological polar surface area (TPSA) is 71.8 Å². The number of pyridine rings is 1. The lowest BCUT2D eigenvalue weighted by atomic mass is 9.53. The van der Waals surface area contributed by atoms with Gasteiger partial charge in [-0.25, -0.2) is 4.79 Å². The van der Waals surface area contributed by atoms with Gasteiger partial charge in [0, 0.05) is 36.2 Å². The van der Waals surface area contributed by atoms with Gasteiger partial charge in [0.25, 0.3) is 0 Å². The van der Waals surface area contributed by atoms with Crippen molar-refractivity contribution < 1.29 is 4.79 Å². The molecule has 2 amide bonds. The number of rotatable bonds is 5. The van der Waals surface area contributed by atoms with Crippen LogP contribution in [0.15, 0.2) is 36.8 Å². The normalized spacial score (nSPS) is 31.0. The highest BCUT2D eigenvalue weighted by molar-refractivity contribution is 5.74. The van der Waals surface area contributed by atoms with E-state index in [-0.39, 0.29) is 11.6 Å². The third-order valence-electron chi connectivity index (χ3n) is 6.66. The molecule has 0 radical (unpaired) electrons. The summed E-state index contributed by atoms with van der Waals surface area (Å²) in [5, 5.41) is 11.0. The SMILES string of the molecule is O=C(NCCn1ccc(-c2ccncc2)n1)NC12CC3CC(CC(C3)C1)C2. The van der Waals surface area contributed by atoms with Gasteiger partial charge in [0.2, 0.25) is 0 Å². The van der Waals surface area contributed by atoms with Gasteiger partial charge < -0.3 is 10.6 Å². The first-order valence-corrected chi connectivity index (χ1v) is 10.2. The third kappa shape index (κ3) is 3.45. The highest BCUT2D eigenvalue weighted by Crippen LogP contribution is 2.55. The smallest absolute Gasteiger partial charge is 0.315 e. The molecule has 2 aromatic heterocycles. The predicted molar refractivity (Wildman–Crippen MR) is 103 cm³/mol. The lowest BCUT2D eigenvalue weighted by Crippen LogP contribution is -2.61. The van der Waals surface area contributed by atoms with Gasteiger partial charge in [-0.3, -0.25) is 9.67 Å². The molecule has 0 aromatic carbocycles. The van der Waals surface area contributed by atoms with Crippen molar-refractivity contribution in [2.45, 2.75) is 50.6 Å². The van der Waals surface area contributed by atoms with Gasteiger partial charge in [0.05, 0.1) is 12.2 Å². The lowest BCUT2D eigenvalue weighted by Gasteiger charge is -2.56. The van der Waals surface area contributed by atoms with Crippen molar-refractivity contribution in [1.82, 2.24) is 25.4 Å². The monoisotopic (exact) mass is 365 g/mol. The Labute approximate surface area is 159 Å². The van der Waals surface area contributed by atoms with Crippen LogP contribution in [0.5, 0.6) is 0 Å². The van der Waals surface area contributed by atoms with E-state index in [1.54, 1.807) is 12.4 Å². The summed E-state index contributed by atoms with van der Waals surface area (Å²) in [6.45, 7) is 1.25. The van der Waals surface area contributed by atoms with E-state index in [1.807, 2.05) is 29.1 Å². The molecule has 4 aliphatic carbocycles. The van der Waals surface area contributed by atoms with Crippen molar-refractivity contribution >= 4 is 6.03 Å². The Morgan fingerprint density at radius 3 is 2.41 bits per heavy atom. The number of hydrogen-bond acceptors (Lipinski definition) is 3. The van der Waals surface area contributed by atoms with E-state index in [0.29, 0.717) is 13.1 Å². The molecule has 142 valence electrons. The molecule has 0 atom stereocenters. The van der Waals surface area contributed by atoms with Crippen molar-refractivity contribution in [3.63, 3.8) is 0 Å². The van der Waals surface area contributed by atoms with Gasteiger partial charge in [-0.2, -0.15) is 5.10 Å². The summed E-state index contributed by atoms with van der Waals surface area (Å²) in [6.07, 6.45) is 13.2. The number of carbonyl (C=O) groups excluding carboxylic acids is 1. The van der Waals surface area contributed by atoms with E-state index in [0.717, 1.165) is 29.0 Å². The molecule has 0 spiro atoms. The molecule has 0 unspecified atom stereocenters. The molecule has 6 heteroatoms. The van der Waals surface area contributed by atoms with E-state index in [2.05, 4.69) is 20.7 Å². The molecule has 4 bridgehead atoms. The first kappa shape index (κ1) is 16.8. The fourth-order valence-corrected chi connectivity index (χ4v) is 6.00. The van der Waals surface area contributed by atoms with Gasteiger partial charge in [0.15, 0.2) is 0 Å². The summed E-state index contributed by atoms with van der Waals surface area (Å²) in [7, 11) is 0. The van der Waals surface area contributed by atoms with E-state index >= 15 is 0 Å². The standard InChI is InChI=1S/C21H27N5O/c27-20(24-21-12-15-9-16(13-21)11-17(10-15)14-21)23-6-8-26-7-3-19(25-26)18-1-4-22-5-2-18/h1-5,7,15-17H,6,8-14H2,(H2,23,24,27). The summed E-state index contributed by atoms with van der Waals surface area (Å²) in [5.41, 5.74) is 2.05. The third-order valence-corrected chi connectivity index (χ3v) is 6.66. The van der Waals surface area contributed by atoms with Gasteiger partial charge in [-0.05, 0) is 74.5 Å². The number of amides is 2. The van der Waals surface area contributed by atoms with E-state index < -0.39 is 0 Å². The average Bonchev–Trinajstić information content (AvgIpc) is 3.10. The largest absolute Gasteiger partial charge is 0.336 e. The second-order valence-electron chi connectivity index (χ2n) is 8.78. The Balaban J connectivity index is 1.13. The van der Waals surface area contributed by atoms with Crippen molar-refractivity contribution in [2.24, 2.45) is 17.8 Å². The molecule has 4 fully saturated rings. The maximum absolute atomic E-state index is 12.5. The average molecular weight is 365 g/mol. The summed E-state index contributed by atoms with van der Waals surface area (Å²) in [6, 6.07) is 5.87. The maximum Gasteiger partial charge on any atom is 0.315 e. The Morgan fingerprint density at radius 1 is 1.07 bits per heavy atom. The van der Waals surface area contributed by atoms with E-state index in [4.69, 9.17) is 0 Å². The molecule has 0 saturated heterocycles. The highest BCUT2D eigenvalue weighted by Gasteiger charge is 2.51. The zero-order valence-corrected chi connectivity index (χ0v) is 15.6. The molecule has 4 aliphatic rings. The Bertz CT molecular complexity index is 780. The van der Waals surface area contributed by atoms with Crippen LogP contribution in [0.25, 0.3) is 11.3 Å². The molecule has 2 N–H and O–H groups in total. The Morgan fingerprint density at radius 2 is 1.74 bits per heavy atom. The fraction of sp³-hybridized carbons (Fsp3) is 0.571. The first-order chi connectivity index (χ1) is 13.2. The maximum atomic E-state index is 12.5. The number of nitrogens with one attached hydrogen (secondary N) is 2. The quantitative estimate of drug-likeness (QED) is 0.855. The van der Waals surface area contributed by atoms with Gasteiger partial charge in [-0.1, -0.05) is 0 Å². The van der Waals surface area contributed by atoms with Crippen LogP contribution in [0.3, 0.4) is 0 Å². The van der Waals surface area contributed by atoms with Gasteiger partial charge in [-0.15, -0.1) is 0 Å². The zero-order valence-electron chi connectivity index (χ0n) is 15.6. The van der Waals surface area contributed by atoms with Crippen LogP contribution in [-0.2, 0) is 6.54 Å². The molecular weight excluding hydrogens is 338 g/mol. The summed E-state index contributed by atoms with van der Waals surface area (Å²) < 4.78 is 1.88.